The monoisotopic (exact) mass is 510 g/mol. The van der Waals surface area contributed by atoms with Gasteiger partial charge in [0.15, 0.2) is 11.5 Å². The van der Waals surface area contributed by atoms with Gasteiger partial charge in [-0.3, -0.25) is 9.10 Å². The third-order valence-electron chi connectivity index (χ3n) is 6.09. The number of sulfonamides is 1. The Morgan fingerprint density at radius 3 is 2.17 bits per heavy atom. The molecular formula is C28H34N2O5S. The van der Waals surface area contributed by atoms with Crippen LogP contribution in [0.5, 0.6) is 11.5 Å². The quantitative estimate of drug-likeness (QED) is 0.406. The van der Waals surface area contributed by atoms with Crippen LogP contribution in [0, 0.1) is 6.92 Å². The average molecular weight is 511 g/mol. The highest BCUT2D eigenvalue weighted by Crippen LogP contribution is 2.33. The molecule has 3 rings (SSSR count). The van der Waals surface area contributed by atoms with Gasteiger partial charge in [0, 0.05) is 12.6 Å². The number of anilines is 1. The van der Waals surface area contributed by atoms with E-state index in [0.29, 0.717) is 23.7 Å². The minimum absolute atomic E-state index is 0.0969. The SMILES string of the molecule is CCc1ccc(CC)c(CNC(=O)CN(c2ccc(OC)c(OC)c2)S(=O)(=O)c2ccc(C)cc2)c1. The van der Waals surface area contributed by atoms with E-state index in [1.165, 1.54) is 19.8 Å². The predicted octanol–water partition coefficient (Wildman–Crippen LogP) is 4.65. The zero-order chi connectivity index (χ0) is 26.3. The maximum absolute atomic E-state index is 13.7. The first-order valence-electron chi connectivity index (χ1n) is 11.9. The Bertz CT molecular complexity index is 1300. The molecule has 0 fully saturated rings. The first kappa shape index (κ1) is 27.1. The van der Waals surface area contributed by atoms with E-state index in [0.717, 1.165) is 33.8 Å². The number of carbonyl (C=O) groups excluding carboxylic acids is 1. The average Bonchev–Trinajstić information content (AvgIpc) is 2.90. The topological polar surface area (TPSA) is 84.9 Å². The van der Waals surface area contributed by atoms with Crippen LogP contribution >= 0.6 is 0 Å². The van der Waals surface area contributed by atoms with Crippen molar-refractivity contribution < 1.29 is 22.7 Å². The van der Waals surface area contributed by atoms with Gasteiger partial charge in [-0.25, -0.2) is 8.42 Å². The van der Waals surface area contributed by atoms with Crippen LogP contribution in [0.3, 0.4) is 0 Å². The Morgan fingerprint density at radius 1 is 0.861 bits per heavy atom. The second-order valence-corrected chi connectivity index (χ2v) is 10.3. The predicted molar refractivity (Wildman–Crippen MR) is 142 cm³/mol. The summed E-state index contributed by atoms with van der Waals surface area (Å²) in [5.74, 6) is 0.411. The lowest BCUT2D eigenvalue weighted by atomic mass is 10.0. The van der Waals surface area contributed by atoms with Gasteiger partial charge in [0.2, 0.25) is 5.91 Å². The molecule has 0 aliphatic carbocycles. The molecule has 1 N–H and O–H groups in total. The number of nitrogens with one attached hydrogen (secondary N) is 1. The largest absolute Gasteiger partial charge is 0.493 e. The van der Waals surface area contributed by atoms with Gasteiger partial charge in [-0.05, 0) is 60.7 Å². The summed E-state index contributed by atoms with van der Waals surface area (Å²) in [5.41, 5.74) is 4.60. The maximum atomic E-state index is 13.7. The summed E-state index contributed by atoms with van der Waals surface area (Å²) in [6.45, 7) is 5.97. The van der Waals surface area contributed by atoms with E-state index >= 15 is 0 Å². The Kier molecular flexibility index (Phi) is 8.98. The van der Waals surface area contributed by atoms with E-state index in [4.69, 9.17) is 9.47 Å². The number of amides is 1. The van der Waals surface area contributed by atoms with Gasteiger partial charge in [-0.2, -0.15) is 0 Å². The lowest BCUT2D eigenvalue weighted by molar-refractivity contribution is -0.119. The first-order valence-corrected chi connectivity index (χ1v) is 13.4. The number of nitrogens with zero attached hydrogens (tertiary/aromatic N) is 1. The van der Waals surface area contributed by atoms with Gasteiger partial charge in [-0.1, -0.05) is 49.7 Å². The Labute approximate surface area is 214 Å². The van der Waals surface area contributed by atoms with E-state index < -0.39 is 15.9 Å². The van der Waals surface area contributed by atoms with E-state index in [2.05, 4.69) is 37.4 Å². The molecule has 7 nitrogen and oxygen atoms in total. The van der Waals surface area contributed by atoms with Crippen molar-refractivity contribution in [1.29, 1.82) is 0 Å². The molecule has 0 saturated carbocycles. The highest BCUT2D eigenvalue weighted by Gasteiger charge is 2.28. The summed E-state index contributed by atoms with van der Waals surface area (Å²) in [6, 6.07) is 17.6. The van der Waals surface area contributed by atoms with Crippen molar-refractivity contribution in [2.45, 2.75) is 45.1 Å². The summed E-state index contributed by atoms with van der Waals surface area (Å²) in [7, 11) is -1.06. The van der Waals surface area contributed by atoms with Gasteiger partial charge in [-0.15, -0.1) is 0 Å². The van der Waals surface area contributed by atoms with Crippen molar-refractivity contribution in [3.8, 4) is 11.5 Å². The molecule has 0 atom stereocenters. The highest BCUT2D eigenvalue weighted by atomic mass is 32.2. The van der Waals surface area contributed by atoms with Gasteiger partial charge >= 0.3 is 0 Å². The third-order valence-corrected chi connectivity index (χ3v) is 7.88. The third kappa shape index (κ3) is 6.18. The number of hydrogen-bond acceptors (Lipinski definition) is 5. The molecule has 0 aliphatic rings. The molecule has 0 radical (unpaired) electrons. The van der Waals surface area contributed by atoms with Crippen molar-refractivity contribution in [2.75, 3.05) is 25.1 Å². The number of benzene rings is 3. The molecule has 0 bridgehead atoms. The van der Waals surface area contributed by atoms with Crippen molar-refractivity contribution in [3.05, 3.63) is 82.9 Å². The summed E-state index contributed by atoms with van der Waals surface area (Å²) in [5, 5.41) is 2.91. The molecule has 0 aliphatic heterocycles. The molecule has 8 heteroatoms. The zero-order valence-electron chi connectivity index (χ0n) is 21.5. The van der Waals surface area contributed by atoms with Gasteiger partial charge in [0.1, 0.15) is 6.54 Å². The number of ether oxygens (including phenoxy) is 2. The molecule has 3 aromatic rings. The van der Waals surface area contributed by atoms with Crippen molar-refractivity contribution >= 4 is 21.6 Å². The number of rotatable bonds is 11. The second kappa shape index (κ2) is 11.9. The van der Waals surface area contributed by atoms with Crippen LogP contribution in [-0.2, 0) is 34.2 Å². The lowest BCUT2D eigenvalue weighted by Gasteiger charge is -2.25. The van der Waals surface area contributed by atoms with Crippen LogP contribution in [0.1, 0.15) is 36.1 Å². The molecule has 0 unspecified atom stereocenters. The minimum Gasteiger partial charge on any atom is -0.493 e. The molecule has 36 heavy (non-hydrogen) atoms. The Morgan fingerprint density at radius 2 is 1.56 bits per heavy atom. The fraction of sp³-hybridized carbons (Fsp3) is 0.321. The number of hydrogen-bond donors (Lipinski definition) is 1. The van der Waals surface area contributed by atoms with Crippen LogP contribution in [0.25, 0.3) is 0 Å². The smallest absolute Gasteiger partial charge is 0.264 e. The highest BCUT2D eigenvalue weighted by molar-refractivity contribution is 7.92. The summed E-state index contributed by atoms with van der Waals surface area (Å²) < 4.78 is 39.1. The zero-order valence-corrected chi connectivity index (χ0v) is 22.3. The molecule has 0 aromatic heterocycles. The molecule has 0 saturated heterocycles. The fourth-order valence-electron chi connectivity index (χ4n) is 3.92. The van der Waals surface area contributed by atoms with E-state index in [9.17, 15) is 13.2 Å². The Balaban J connectivity index is 1.93. The molecular weight excluding hydrogens is 476 g/mol. The number of aryl methyl sites for hydroxylation is 3. The van der Waals surface area contributed by atoms with E-state index in [1.807, 2.05) is 6.92 Å². The summed E-state index contributed by atoms with van der Waals surface area (Å²) in [6.07, 6.45) is 1.74. The van der Waals surface area contributed by atoms with Gasteiger partial charge < -0.3 is 14.8 Å². The summed E-state index contributed by atoms with van der Waals surface area (Å²) >= 11 is 0. The van der Waals surface area contributed by atoms with E-state index in [1.54, 1.807) is 42.5 Å². The van der Waals surface area contributed by atoms with Crippen molar-refractivity contribution in [2.24, 2.45) is 0 Å². The summed E-state index contributed by atoms with van der Waals surface area (Å²) in [4.78, 5) is 13.2. The van der Waals surface area contributed by atoms with Crippen LogP contribution in [0.15, 0.2) is 65.6 Å². The standard InChI is InChI=1S/C28H34N2O5S/c1-6-21-10-11-22(7-2)23(16-21)18-29-28(31)19-30(24-12-15-26(34-4)27(17-24)35-5)36(32,33)25-13-8-20(3)9-14-25/h8-17H,6-7,18-19H2,1-5H3,(H,29,31). The fourth-order valence-corrected chi connectivity index (χ4v) is 5.33. The first-order chi connectivity index (χ1) is 17.2. The Hall–Kier alpha value is -3.52. The molecule has 0 spiro atoms. The lowest BCUT2D eigenvalue weighted by Crippen LogP contribution is -2.40. The van der Waals surface area contributed by atoms with Crippen LogP contribution < -0.4 is 19.1 Å². The van der Waals surface area contributed by atoms with Gasteiger partial charge in [0.25, 0.3) is 10.0 Å². The maximum Gasteiger partial charge on any atom is 0.264 e. The second-order valence-electron chi connectivity index (χ2n) is 8.45. The number of methoxy groups -OCH3 is 2. The van der Waals surface area contributed by atoms with Crippen molar-refractivity contribution in [3.63, 3.8) is 0 Å². The van der Waals surface area contributed by atoms with Crippen LogP contribution in [-0.4, -0.2) is 35.1 Å². The molecule has 0 heterocycles. The van der Waals surface area contributed by atoms with Crippen LogP contribution in [0.4, 0.5) is 5.69 Å². The molecule has 3 aromatic carbocycles. The van der Waals surface area contributed by atoms with Gasteiger partial charge in [0.05, 0.1) is 24.8 Å². The van der Waals surface area contributed by atoms with E-state index in [-0.39, 0.29) is 11.4 Å². The normalized spacial score (nSPS) is 11.1. The minimum atomic E-state index is -4.04. The van der Waals surface area contributed by atoms with Crippen LogP contribution in [0.2, 0.25) is 0 Å². The number of carbonyl (C=O) groups is 1. The molecule has 192 valence electrons. The van der Waals surface area contributed by atoms with Crippen molar-refractivity contribution in [1.82, 2.24) is 5.32 Å². The molecule has 1 amide bonds.